The maximum absolute atomic E-state index is 12.7. The highest BCUT2D eigenvalue weighted by atomic mass is 16.1. The van der Waals surface area contributed by atoms with Gasteiger partial charge in [-0.3, -0.25) is 9.69 Å². The summed E-state index contributed by atoms with van der Waals surface area (Å²) in [6.45, 7) is 9.80. The summed E-state index contributed by atoms with van der Waals surface area (Å²) in [6.07, 6.45) is 8.12. The van der Waals surface area contributed by atoms with Crippen molar-refractivity contribution in [1.29, 1.82) is 0 Å². The van der Waals surface area contributed by atoms with Gasteiger partial charge in [0.05, 0.1) is 0 Å². The molecule has 4 nitrogen and oxygen atoms in total. The lowest BCUT2D eigenvalue weighted by molar-refractivity contribution is -0.118. The Balaban J connectivity index is 1.77. The molecule has 0 aromatic rings. The van der Waals surface area contributed by atoms with Crippen LogP contribution in [0.1, 0.15) is 58.8 Å². The number of ketones is 1. The number of hydrogen-bond acceptors (Lipinski definition) is 4. The summed E-state index contributed by atoms with van der Waals surface area (Å²) in [5, 5.41) is 2.31. The van der Waals surface area contributed by atoms with Crippen LogP contribution in [0.2, 0.25) is 0 Å². The second kappa shape index (κ2) is 6.71. The fraction of sp³-hybridized carbons (Fsp3) is 0.833. The molecule has 2 fully saturated rings. The van der Waals surface area contributed by atoms with Crippen molar-refractivity contribution < 1.29 is 4.79 Å². The molecule has 0 aromatic heterocycles. The van der Waals surface area contributed by atoms with E-state index in [9.17, 15) is 4.79 Å². The Morgan fingerprint density at radius 1 is 0.955 bits per heavy atom. The van der Waals surface area contributed by atoms with Gasteiger partial charge in [0.15, 0.2) is 5.78 Å². The topological polar surface area (TPSA) is 35.6 Å². The molecule has 3 aliphatic rings. The highest BCUT2D eigenvalue weighted by Crippen LogP contribution is 2.36. The van der Waals surface area contributed by atoms with Crippen molar-refractivity contribution in [3.63, 3.8) is 0 Å². The zero-order valence-electron chi connectivity index (χ0n) is 14.3. The maximum Gasteiger partial charge on any atom is 0.162 e. The monoisotopic (exact) mass is 305 g/mol. The van der Waals surface area contributed by atoms with E-state index in [0.29, 0.717) is 12.2 Å². The van der Waals surface area contributed by atoms with E-state index >= 15 is 0 Å². The largest absolute Gasteiger partial charge is 0.323 e. The van der Waals surface area contributed by atoms with Crippen LogP contribution in [0.4, 0.5) is 0 Å². The Labute approximate surface area is 134 Å². The molecule has 0 spiro atoms. The SMILES string of the molecule is CC1(C)CC(=O)C(CN2CCCCC2)=C(NN2CCCC2)C1. The number of likely N-dealkylation sites (tertiary alicyclic amines) is 1. The molecule has 0 atom stereocenters. The van der Waals surface area contributed by atoms with Gasteiger partial charge in [-0.2, -0.15) is 0 Å². The molecule has 2 saturated heterocycles. The van der Waals surface area contributed by atoms with Crippen molar-refractivity contribution in [1.82, 2.24) is 15.3 Å². The Bertz CT molecular complexity index is 443. The summed E-state index contributed by atoms with van der Waals surface area (Å²) in [5.41, 5.74) is 5.96. The number of nitrogens with zero attached hydrogens (tertiary/aromatic N) is 2. The number of carbonyl (C=O) groups is 1. The van der Waals surface area contributed by atoms with Crippen molar-refractivity contribution >= 4 is 5.78 Å². The standard InChI is InChI=1S/C18H31N3O/c1-18(2)12-16(19-21-10-6-7-11-21)15(17(22)13-18)14-20-8-4-3-5-9-20/h19H,3-14H2,1-2H3. The molecule has 0 aromatic carbocycles. The first-order chi connectivity index (χ1) is 10.5. The fourth-order valence-electron chi connectivity index (χ4n) is 4.01. The smallest absolute Gasteiger partial charge is 0.162 e. The van der Waals surface area contributed by atoms with E-state index in [2.05, 4.69) is 29.2 Å². The van der Waals surface area contributed by atoms with Crippen LogP contribution in [0.15, 0.2) is 11.3 Å². The minimum absolute atomic E-state index is 0.0878. The maximum atomic E-state index is 12.7. The summed E-state index contributed by atoms with van der Waals surface area (Å²) >= 11 is 0. The predicted molar refractivity (Wildman–Crippen MR) is 89.3 cm³/mol. The van der Waals surface area contributed by atoms with E-state index in [-0.39, 0.29) is 5.41 Å². The number of Topliss-reactive ketones (excluding diaryl/α,β-unsaturated/α-hetero) is 1. The van der Waals surface area contributed by atoms with Gasteiger partial charge in [-0.25, -0.2) is 5.01 Å². The zero-order chi connectivity index (χ0) is 15.6. The van der Waals surface area contributed by atoms with E-state index in [1.165, 1.54) is 37.8 Å². The van der Waals surface area contributed by atoms with Crippen LogP contribution < -0.4 is 5.43 Å². The van der Waals surface area contributed by atoms with Gasteiger partial charge in [0.2, 0.25) is 0 Å². The summed E-state index contributed by atoms with van der Waals surface area (Å²) in [5.74, 6) is 0.364. The molecular weight excluding hydrogens is 274 g/mol. The van der Waals surface area contributed by atoms with Crippen molar-refractivity contribution in [2.45, 2.75) is 58.8 Å². The first-order valence-corrected chi connectivity index (χ1v) is 9.03. The lowest BCUT2D eigenvalue weighted by Crippen LogP contribution is -2.42. The second-order valence-corrected chi connectivity index (χ2v) is 8.04. The lowest BCUT2D eigenvalue weighted by Gasteiger charge is -2.36. The van der Waals surface area contributed by atoms with Crippen LogP contribution in [0.3, 0.4) is 0 Å². The van der Waals surface area contributed by atoms with Gasteiger partial charge in [-0.05, 0) is 50.6 Å². The summed E-state index contributed by atoms with van der Waals surface area (Å²) in [7, 11) is 0. The van der Waals surface area contributed by atoms with Gasteiger partial charge in [0.1, 0.15) is 0 Å². The Morgan fingerprint density at radius 3 is 2.27 bits per heavy atom. The highest BCUT2D eigenvalue weighted by molar-refractivity contribution is 5.97. The molecule has 2 heterocycles. The molecular formula is C18H31N3O. The van der Waals surface area contributed by atoms with Crippen molar-refractivity contribution in [3.05, 3.63) is 11.3 Å². The average Bonchev–Trinajstić information content (AvgIpc) is 2.96. The van der Waals surface area contributed by atoms with Crippen LogP contribution in [-0.4, -0.2) is 48.4 Å². The van der Waals surface area contributed by atoms with E-state index in [1.54, 1.807) is 0 Å². The molecule has 0 saturated carbocycles. The lowest BCUT2D eigenvalue weighted by atomic mass is 9.75. The molecule has 4 heteroatoms. The first kappa shape index (κ1) is 16.0. The Morgan fingerprint density at radius 2 is 1.59 bits per heavy atom. The van der Waals surface area contributed by atoms with Crippen LogP contribution in [0, 0.1) is 5.41 Å². The van der Waals surface area contributed by atoms with Crippen LogP contribution >= 0.6 is 0 Å². The number of hydrazine groups is 1. The molecule has 0 unspecified atom stereocenters. The van der Waals surface area contributed by atoms with Crippen molar-refractivity contribution in [2.75, 3.05) is 32.7 Å². The van der Waals surface area contributed by atoms with Crippen molar-refractivity contribution in [2.24, 2.45) is 5.41 Å². The Hall–Kier alpha value is -0.870. The molecule has 2 aliphatic heterocycles. The minimum Gasteiger partial charge on any atom is -0.323 e. The third-order valence-electron chi connectivity index (χ3n) is 5.22. The van der Waals surface area contributed by atoms with E-state index < -0.39 is 0 Å². The average molecular weight is 305 g/mol. The fourth-order valence-corrected chi connectivity index (χ4v) is 4.01. The third kappa shape index (κ3) is 3.90. The number of nitrogens with one attached hydrogen (secondary N) is 1. The van der Waals surface area contributed by atoms with E-state index in [0.717, 1.165) is 44.7 Å². The van der Waals surface area contributed by atoms with E-state index in [1.807, 2.05) is 0 Å². The second-order valence-electron chi connectivity index (χ2n) is 8.04. The number of piperidine rings is 1. The molecule has 124 valence electrons. The van der Waals surface area contributed by atoms with E-state index in [4.69, 9.17) is 0 Å². The van der Waals surface area contributed by atoms with Crippen LogP contribution in [0.25, 0.3) is 0 Å². The van der Waals surface area contributed by atoms with Gasteiger partial charge < -0.3 is 5.43 Å². The number of hydrogen-bond donors (Lipinski definition) is 1. The quantitative estimate of drug-likeness (QED) is 0.866. The molecule has 22 heavy (non-hydrogen) atoms. The van der Waals surface area contributed by atoms with Gasteiger partial charge in [0, 0.05) is 37.3 Å². The Kier molecular flexibility index (Phi) is 4.88. The van der Waals surface area contributed by atoms with Crippen LogP contribution in [0.5, 0.6) is 0 Å². The molecule has 0 amide bonds. The van der Waals surface area contributed by atoms with Gasteiger partial charge in [-0.15, -0.1) is 0 Å². The predicted octanol–water partition coefficient (Wildman–Crippen LogP) is 2.72. The normalized spacial score (nSPS) is 27.5. The molecule has 0 radical (unpaired) electrons. The number of allylic oxidation sites excluding steroid dienone is 1. The summed E-state index contributed by atoms with van der Waals surface area (Å²) < 4.78 is 0. The third-order valence-corrected chi connectivity index (χ3v) is 5.22. The molecule has 1 aliphatic carbocycles. The molecule has 3 rings (SSSR count). The highest BCUT2D eigenvalue weighted by Gasteiger charge is 2.34. The summed E-state index contributed by atoms with van der Waals surface area (Å²) in [6, 6.07) is 0. The number of carbonyl (C=O) groups excluding carboxylic acids is 1. The minimum atomic E-state index is 0.0878. The van der Waals surface area contributed by atoms with Gasteiger partial charge in [0.25, 0.3) is 0 Å². The van der Waals surface area contributed by atoms with Gasteiger partial charge >= 0.3 is 0 Å². The number of rotatable bonds is 4. The molecule has 1 N–H and O–H groups in total. The van der Waals surface area contributed by atoms with Crippen molar-refractivity contribution in [3.8, 4) is 0 Å². The first-order valence-electron chi connectivity index (χ1n) is 9.03. The summed E-state index contributed by atoms with van der Waals surface area (Å²) in [4.78, 5) is 15.2. The molecule has 0 bridgehead atoms. The van der Waals surface area contributed by atoms with Gasteiger partial charge in [-0.1, -0.05) is 20.3 Å². The van der Waals surface area contributed by atoms with Crippen LogP contribution in [-0.2, 0) is 4.79 Å². The zero-order valence-corrected chi connectivity index (χ0v) is 14.3.